The number of carbonyl (C=O) groups excluding carboxylic acids is 1. The van der Waals surface area contributed by atoms with E-state index in [1.807, 2.05) is 0 Å². The first-order valence-electron chi connectivity index (χ1n) is 3.88. The molecule has 0 spiro atoms. The number of phenols is 3. The standard InChI is InChI=1S/C9H10O5/c1-5(10)14-4-6-2-8(12)9(13)3-7(6)11/h2-3,11-13H,4H2,1H3. The highest BCUT2D eigenvalue weighted by molar-refractivity contribution is 5.66. The van der Waals surface area contributed by atoms with E-state index in [1.54, 1.807) is 0 Å². The molecule has 0 aromatic heterocycles. The van der Waals surface area contributed by atoms with Crippen molar-refractivity contribution in [1.82, 2.24) is 0 Å². The highest BCUT2D eigenvalue weighted by Crippen LogP contribution is 2.32. The van der Waals surface area contributed by atoms with E-state index >= 15 is 0 Å². The number of rotatable bonds is 2. The Labute approximate surface area is 80.2 Å². The maximum absolute atomic E-state index is 10.5. The van der Waals surface area contributed by atoms with Gasteiger partial charge in [0.05, 0.1) is 0 Å². The number of phenolic OH excluding ortho intramolecular Hbond substituents is 3. The highest BCUT2D eigenvalue weighted by Gasteiger charge is 2.08. The smallest absolute Gasteiger partial charge is 0.302 e. The van der Waals surface area contributed by atoms with Gasteiger partial charge >= 0.3 is 5.97 Å². The van der Waals surface area contributed by atoms with Crippen LogP contribution in [0.5, 0.6) is 17.2 Å². The maximum atomic E-state index is 10.5. The van der Waals surface area contributed by atoms with Gasteiger partial charge in [-0.1, -0.05) is 0 Å². The number of benzene rings is 1. The van der Waals surface area contributed by atoms with Gasteiger partial charge in [0, 0.05) is 18.6 Å². The number of carbonyl (C=O) groups is 1. The summed E-state index contributed by atoms with van der Waals surface area (Å²) in [6.45, 7) is 1.09. The van der Waals surface area contributed by atoms with Crippen LogP contribution in [0.4, 0.5) is 0 Å². The lowest BCUT2D eigenvalue weighted by atomic mass is 10.2. The second-order valence-corrected chi connectivity index (χ2v) is 2.75. The zero-order valence-electron chi connectivity index (χ0n) is 7.52. The summed E-state index contributed by atoms with van der Waals surface area (Å²) in [6.07, 6.45) is 0. The van der Waals surface area contributed by atoms with E-state index in [0.29, 0.717) is 0 Å². The molecule has 14 heavy (non-hydrogen) atoms. The van der Waals surface area contributed by atoms with Crippen molar-refractivity contribution in [2.75, 3.05) is 0 Å². The van der Waals surface area contributed by atoms with Crippen LogP contribution in [0.1, 0.15) is 12.5 Å². The Kier molecular flexibility index (Phi) is 2.81. The van der Waals surface area contributed by atoms with Crippen molar-refractivity contribution in [3.05, 3.63) is 17.7 Å². The van der Waals surface area contributed by atoms with E-state index < -0.39 is 11.7 Å². The highest BCUT2D eigenvalue weighted by atomic mass is 16.5. The van der Waals surface area contributed by atoms with Crippen molar-refractivity contribution < 1.29 is 24.9 Å². The van der Waals surface area contributed by atoms with Crippen molar-refractivity contribution in [1.29, 1.82) is 0 Å². The Bertz CT molecular complexity index is 358. The van der Waals surface area contributed by atoms with Crippen LogP contribution in [0.15, 0.2) is 12.1 Å². The van der Waals surface area contributed by atoms with Crippen molar-refractivity contribution in [2.24, 2.45) is 0 Å². The van der Waals surface area contributed by atoms with Crippen LogP contribution in [0.3, 0.4) is 0 Å². The molecule has 1 aromatic carbocycles. The van der Waals surface area contributed by atoms with Crippen LogP contribution in [-0.4, -0.2) is 21.3 Å². The largest absolute Gasteiger partial charge is 0.507 e. The molecule has 0 atom stereocenters. The van der Waals surface area contributed by atoms with E-state index in [0.717, 1.165) is 12.1 Å². The molecule has 0 bridgehead atoms. The van der Waals surface area contributed by atoms with Crippen LogP contribution in [0.25, 0.3) is 0 Å². The Balaban J connectivity index is 2.87. The first kappa shape index (κ1) is 10.2. The maximum Gasteiger partial charge on any atom is 0.302 e. The molecule has 0 fully saturated rings. The summed E-state index contributed by atoms with van der Waals surface area (Å²) in [5.74, 6) is -1.52. The van der Waals surface area contributed by atoms with Crippen LogP contribution in [-0.2, 0) is 16.1 Å². The van der Waals surface area contributed by atoms with E-state index in [9.17, 15) is 9.90 Å². The molecule has 0 unspecified atom stereocenters. The zero-order valence-corrected chi connectivity index (χ0v) is 7.52. The van der Waals surface area contributed by atoms with Crippen molar-refractivity contribution in [3.8, 4) is 17.2 Å². The van der Waals surface area contributed by atoms with Gasteiger partial charge in [-0.2, -0.15) is 0 Å². The van der Waals surface area contributed by atoms with Gasteiger partial charge in [0.1, 0.15) is 12.4 Å². The number of hydrogen-bond donors (Lipinski definition) is 3. The van der Waals surface area contributed by atoms with Crippen LogP contribution in [0, 0.1) is 0 Å². The Morgan fingerprint density at radius 3 is 2.36 bits per heavy atom. The van der Waals surface area contributed by atoms with Gasteiger partial charge in [0.15, 0.2) is 11.5 Å². The average molecular weight is 198 g/mol. The lowest BCUT2D eigenvalue weighted by Crippen LogP contribution is -1.98. The van der Waals surface area contributed by atoms with Crippen LogP contribution in [0.2, 0.25) is 0 Å². The lowest BCUT2D eigenvalue weighted by molar-refractivity contribution is -0.142. The fraction of sp³-hybridized carbons (Fsp3) is 0.222. The molecule has 0 aliphatic rings. The molecule has 0 aliphatic carbocycles. The average Bonchev–Trinajstić information content (AvgIpc) is 2.09. The molecule has 1 aromatic rings. The summed E-state index contributed by atoms with van der Waals surface area (Å²) in [4.78, 5) is 10.5. The second kappa shape index (κ2) is 3.87. The summed E-state index contributed by atoms with van der Waals surface area (Å²) in [5, 5.41) is 27.3. The summed E-state index contributed by atoms with van der Waals surface area (Å²) >= 11 is 0. The summed E-state index contributed by atoms with van der Waals surface area (Å²) in [5.41, 5.74) is 0.232. The number of aromatic hydroxyl groups is 3. The third-order valence-corrected chi connectivity index (χ3v) is 1.61. The molecule has 0 saturated heterocycles. The minimum Gasteiger partial charge on any atom is -0.507 e. The van der Waals surface area contributed by atoms with Gasteiger partial charge in [-0.3, -0.25) is 4.79 Å². The normalized spacial score (nSPS) is 9.79. The zero-order chi connectivity index (χ0) is 10.7. The Morgan fingerprint density at radius 1 is 1.21 bits per heavy atom. The van der Waals surface area contributed by atoms with E-state index in [4.69, 9.17) is 10.2 Å². The van der Waals surface area contributed by atoms with E-state index in [1.165, 1.54) is 6.92 Å². The fourth-order valence-electron chi connectivity index (χ4n) is 0.904. The Hall–Kier alpha value is -1.91. The summed E-state index contributed by atoms with van der Waals surface area (Å²) in [6, 6.07) is 2.11. The molecule has 0 aliphatic heterocycles. The lowest BCUT2D eigenvalue weighted by Gasteiger charge is -2.06. The molecular weight excluding hydrogens is 188 g/mol. The number of hydrogen-bond acceptors (Lipinski definition) is 5. The van der Waals surface area contributed by atoms with Gasteiger partial charge in [0.2, 0.25) is 0 Å². The summed E-state index contributed by atoms with van der Waals surface area (Å²) in [7, 11) is 0. The van der Waals surface area contributed by atoms with Crippen LogP contribution < -0.4 is 0 Å². The summed E-state index contributed by atoms with van der Waals surface area (Å²) < 4.78 is 4.61. The van der Waals surface area contributed by atoms with Gasteiger partial charge in [-0.25, -0.2) is 0 Å². The SMILES string of the molecule is CC(=O)OCc1cc(O)c(O)cc1O. The quantitative estimate of drug-likeness (QED) is 0.373. The van der Waals surface area contributed by atoms with Crippen molar-refractivity contribution in [2.45, 2.75) is 13.5 Å². The molecule has 0 radical (unpaired) electrons. The molecule has 1 rings (SSSR count). The third kappa shape index (κ3) is 2.29. The first-order chi connectivity index (χ1) is 6.50. The second-order valence-electron chi connectivity index (χ2n) is 2.75. The molecule has 0 heterocycles. The molecule has 5 heteroatoms. The number of ether oxygens (including phenoxy) is 1. The molecule has 76 valence electrons. The fourth-order valence-corrected chi connectivity index (χ4v) is 0.904. The predicted molar refractivity (Wildman–Crippen MR) is 46.9 cm³/mol. The third-order valence-electron chi connectivity index (χ3n) is 1.61. The molecule has 0 saturated carbocycles. The van der Waals surface area contributed by atoms with Crippen LogP contribution >= 0.6 is 0 Å². The minimum atomic E-state index is -0.489. The monoisotopic (exact) mass is 198 g/mol. The Morgan fingerprint density at radius 2 is 1.79 bits per heavy atom. The molecular formula is C9H10O5. The van der Waals surface area contributed by atoms with E-state index in [-0.39, 0.29) is 23.7 Å². The molecule has 5 nitrogen and oxygen atoms in total. The van der Waals surface area contributed by atoms with Gasteiger partial charge in [-0.15, -0.1) is 0 Å². The van der Waals surface area contributed by atoms with Crippen molar-refractivity contribution >= 4 is 5.97 Å². The first-order valence-corrected chi connectivity index (χ1v) is 3.88. The van der Waals surface area contributed by atoms with E-state index in [2.05, 4.69) is 4.74 Å². The van der Waals surface area contributed by atoms with Gasteiger partial charge in [0.25, 0.3) is 0 Å². The van der Waals surface area contributed by atoms with Crippen molar-refractivity contribution in [3.63, 3.8) is 0 Å². The molecule has 0 amide bonds. The topological polar surface area (TPSA) is 87.0 Å². The van der Waals surface area contributed by atoms with Gasteiger partial charge in [-0.05, 0) is 6.07 Å². The molecule has 3 N–H and O–H groups in total. The predicted octanol–water partition coefficient (Wildman–Crippen LogP) is 0.866. The minimum absolute atomic E-state index is 0.144. The van der Waals surface area contributed by atoms with Gasteiger partial charge < -0.3 is 20.1 Å². The number of esters is 1.